The number of carboxylic acids is 1. The molecule has 8 heteroatoms. The van der Waals surface area contributed by atoms with Gasteiger partial charge in [-0.3, -0.25) is 4.79 Å². The molecule has 35 heavy (non-hydrogen) atoms. The Kier molecular flexibility index (Phi) is 7.60. The number of hydrogen-bond donors (Lipinski definition) is 3. The van der Waals surface area contributed by atoms with Gasteiger partial charge in [0.25, 0.3) is 5.91 Å². The van der Waals surface area contributed by atoms with Crippen LogP contribution in [0, 0.1) is 5.82 Å². The lowest BCUT2D eigenvalue weighted by atomic mass is 10.0. The quantitative estimate of drug-likeness (QED) is 0.383. The molecule has 3 aromatic rings. The molecule has 2 aromatic carbocycles. The first-order chi connectivity index (χ1) is 16.9. The highest BCUT2D eigenvalue weighted by Gasteiger charge is 2.30. The van der Waals surface area contributed by atoms with E-state index >= 15 is 0 Å². The van der Waals surface area contributed by atoms with Crippen LogP contribution in [0.3, 0.4) is 0 Å². The number of amides is 1. The van der Waals surface area contributed by atoms with Gasteiger partial charge >= 0.3 is 5.97 Å². The van der Waals surface area contributed by atoms with Gasteiger partial charge in [-0.05, 0) is 72.4 Å². The molecule has 182 valence electrons. The zero-order chi connectivity index (χ0) is 24.8. The lowest BCUT2D eigenvalue weighted by Crippen LogP contribution is -2.42. The first kappa shape index (κ1) is 24.2. The summed E-state index contributed by atoms with van der Waals surface area (Å²) in [5.74, 6) is -0.418. The van der Waals surface area contributed by atoms with E-state index in [0.29, 0.717) is 29.9 Å². The topological polar surface area (TPSA) is 101 Å². The van der Waals surface area contributed by atoms with Crippen molar-refractivity contribution in [2.24, 2.45) is 0 Å². The van der Waals surface area contributed by atoms with Crippen molar-refractivity contribution in [3.8, 4) is 5.75 Å². The predicted octanol–water partition coefficient (Wildman–Crippen LogP) is 4.19. The fourth-order valence-electron chi connectivity index (χ4n) is 3.90. The second-order valence-electron chi connectivity index (χ2n) is 8.58. The molecule has 7 nitrogen and oxygen atoms in total. The number of aliphatic carboxylic acids is 1. The van der Waals surface area contributed by atoms with Crippen LogP contribution >= 0.6 is 0 Å². The third-order valence-corrected chi connectivity index (χ3v) is 5.93. The van der Waals surface area contributed by atoms with Gasteiger partial charge in [0.15, 0.2) is 0 Å². The monoisotopic (exact) mass is 477 g/mol. The van der Waals surface area contributed by atoms with Gasteiger partial charge in [-0.1, -0.05) is 18.2 Å². The Labute approximate surface area is 203 Å². The Hall–Kier alpha value is -3.94. The molecule has 3 N–H and O–H groups in total. The number of halogens is 1. The lowest BCUT2D eigenvalue weighted by Gasteiger charge is -2.17. The van der Waals surface area contributed by atoms with Crippen LogP contribution in [0.4, 0.5) is 10.2 Å². The molecule has 0 saturated heterocycles. The molecular formula is C27H28FN3O4. The maximum absolute atomic E-state index is 13.7. The van der Waals surface area contributed by atoms with E-state index < -0.39 is 23.7 Å². The standard InChI is InChI=1S/C27H28FN3O4/c1-29-25-4-2-3-20(30-25)13-14-35-21-10-5-17(6-11-21)15-24(27(33)34)31-26(32)22-12-9-19(28)16-23(22)18-7-8-18/h2-6,9-12,16,18,24H,7-8,13-15H2,1H3,(H,29,30)(H,31,32)(H,33,34)/t24-/m0/s1. The predicted molar refractivity (Wildman–Crippen MR) is 130 cm³/mol. The fourth-order valence-corrected chi connectivity index (χ4v) is 3.90. The summed E-state index contributed by atoms with van der Waals surface area (Å²) in [5.41, 5.74) is 2.63. The molecule has 1 fully saturated rings. The van der Waals surface area contributed by atoms with Crippen molar-refractivity contribution in [1.82, 2.24) is 10.3 Å². The van der Waals surface area contributed by atoms with Crippen LogP contribution in [0.2, 0.25) is 0 Å². The summed E-state index contributed by atoms with van der Waals surface area (Å²) in [5, 5.41) is 15.3. The summed E-state index contributed by atoms with van der Waals surface area (Å²) in [6.07, 6.45) is 2.57. The molecule has 0 bridgehead atoms. The third kappa shape index (κ3) is 6.56. The van der Waals surface area contributed by atoms with Gasteiger partial charge in [0.1, 0.15) is 23.4 Å². The highest BCUT2D eigenvalue weighted by atomic mass is 19.1. The Morgan fingerprint density at radius 3 is 2.60 bits per heavy atom. The molecular weight excluding hydrogens is 449 g/mol. The van der Waals surface area contributed by atoms with Crippen LogP contribution in [-0.2, 0) is 17.6 Å². The van der Waals surface area contributed by atoms with Gasteiger partial charge in [0.05, 0.1) is 6.61 Å². The zero-order valence-corrected chi connectivity index (χ0v) is 19.5. The van der Waals surface area contributed by atoms with Gasteiger partial charge < -0.3 is 20.5 Å². The first-order valence-corrected chi connectivity index (χ1v) is 11.6. The molecule has 1 aliphatic rings. The Morgan fingerprint density at radius 1 is 1.14 bits per heavy atom. The summed E-state index contributed by atoms with van der Waals surface area (Å²) < 4.78 is 19.5. The van der Waals surface area contributed by atoms with Crippen molar-refractivity contribution in [2.75, 3.05) is 19.0 Å². The minimum atomic E-state index is -1.13. The van der Waals surface area contributed by atoms with Crippen LogP contribution in [0.25, 0.3) is 0 Å². The van der Waals surface area contributed by atoms with Crippen LogP contribution in [0.1, 0.15) is 45.9 Å². The van der Waals surface area contributed by atoms with Crippen molar-refractivity contribution >= 4 is 17.7 Å². The van der Waals surface area contributed by atoms with Crippen molar-refractivity contribution in [3.05, 3.63) is 88.9 Å². The van der Waals surface area contributed by atoms with E-state index in [2.05, 4.69) is 15.6 Å². The molecule has 1 amide bonds. The van der Waals surface area contributed by atoms with Crippen LogP contribution in [-0.4, -0.2) is 41.7 Å². The van der Waals surface area contributed by atoms with Crippen LogP contribution in [0.5, 0.6) is 5.75 Å². The molecule has 1 saturated carbocycles. The smallest absolute Gasteiger partial charge is 0.326 e. The van der Waals surface area contributed by atoms with Crippen LogP contribution in [0.15, 0.2) is 60.7 Å². The number of hydrogen-bond acceptors (Lipinski definition) is 5. The van der Waals surface area contributed by atoms with Crippen LogP contribution < -0.4 is 15.4 Å². The number of pyridine rings is 1. The molecule has 0 radical (unpaired) electrons. The number of aromatic nitrogens is 1. The summed E-state index contributed by atoms with van der Waals surface area (Å²) in [4.78, 5) is 29.1. The minimum absolute atomic E-state index is 0.113. The third-order valence-electron chi connectivity index (χ3n) is 5.93. The number of nitrogens with one attached hydrogen (secondary N) is 2. The second-order valence-corrected chi connectivity index (χ2v) is 8.58. The Morgan fingerprint density at radius 2 is 1.91 bits per heavy atom. The summed E-state index contributed by atoms with van der Waals surface area (Å²) in [7, 11) is 1.82. The van der Waals surface area contributed by atoms with E-state index in [1.807, 2.05) is 25.2 Å². The maximum Gasteiger partial charge on any atom is 0.326 e. The summed E-state index contributed by atoms with van der Waals surface area (Å²) in [6.45, 7) is 0.453. The van der Waals surface area contributed by atoms with Crippen molar-refractivity contribution < 1.29 is 23.8 Å². The number of carbonyl (C=O) groups excluding carboxylic acids is 1. The van der Waals surface area contributed by atoms with E-state index in [0.717, 1.165) is 29.9 Å². The first-order valence-electron chi connectivity index (χ1n) is 11.6. The van der Waals surface area contributed by atoms with Gasteiger partial charge in [0.2, 0.25) is 0 Å². The van der Waals surface area contributed by atoms with Gasteiger partial charge in [-0.15, -0.1) is 0 Å². The molecule has 0 unspecified atom stereocenters. The van der Waals surface area contributed by atoms with Crippen molar-refractivity contribution in [1.29, 1.82) is 0 Å². The molecule has 0 spiro atoms. The van der Waals surface area contributed by atoms with Crippen molar-refractivity contribution in [3.63, 3.8) is 0 Å². The SMILES string of the molecule is CNc1cccc(CCOc2ccc(C[C@H](NC(=O)c3ccc(F)cc3C3CC3)C(=O)O)cc2)n1. The number of benzene rings is 2. The molecule has 1 aromatic heterocycles. The van der Waals surface area contributed by atoms with Gasteiger partial charge in [0, 0.05) is 31.1 Å². The number of anilines is 1. The molecule has 0 aliphatic heterocycles. The van der Waals surface area contributed by atoms with E-state index in [9.17, 15) is 19.1 Å². The summed E-state index contributed by atoms with van der Waals surface area (Å²) >= 11 is 0. The Bertz CT molecular complexity index is 1200. The van der Waals surface area contributed by atoms with E-state index in [-0.39, 0.29) is 12.3 Å². The lowest BCUT2D eigenvalue weighted by molar-refractivity contribution is -0.139. The number of rotatable bonds is 11. The number of carboxylic acid groups (broad SMARTS) is 1. The highest BCUT2D eigenvalue weighted by Crippen LogP contribution is 2.41. The average molecular weight is 478 g/mol. The van der Waals surface area contributed by atoms with E-state index in [1.165, 1.54) is 18.2 Å². The highest BCUT2D eigenvalue weighted by molar-refractivity contribution is 5.98. The molecule has 1 atom stereocenters. The van der Waals surface area contributed by atoms with Crippen molar-refractivity contribution in [2.45, 2.75) is 37.6 Å². The Balaban J connectivity index is 1.33. The number of nitrogens with zero attached hydrogens (tertiary/aromatic N) is 1. The van der Waals surface area contributed by atoms with E-state index in [4.69, 9.17) is 4.74 Å². The molecule has 4 rings (SSSR count). The average Bonchev–Trinajstić information content (AvgIpc) is 3.70. The zero-order valence-electron chi connectivity index (χ0n) is 19.5. The largest absolute Gasteiger partial charge is 0.493 e. The molecule has 1 aliphatic carbocycles. The van der Waals surface area contributed by atoms with Gasteiger partial charge in [-0.2, -0.15) is 0 Å². The fraction of sp³-hybridized carbons (Fsp3) is 0.296. The number of ether oxygens (including phenoxy) is 1. The minimum Gasteiger partial charge on any atom is -0.493 e. The normalized spacial score (nSPS) is 13.7. The maximum atomic E-state index is 13.7. The van der Waals surface area contributed by atoms with E-state index in [1.54, 1.807) is 24.3 Å². The number of carbonyl (C=O) groups is 2. The van der Waals surface area contributed by atoms with Gasteiger partial charge in [-0.25, -0.2) is 14.2 Å². The second kappa shape index (κ2) is 11.0. The molecule has 1 heterocycles. The summed E-state index contributed by atoms with van der Waals surface area (Å²) in [6, 6.07) is 15.8.